The molecule has 1 aromatic heterocycles. The number of carbonyl (C=O) groups excluding carboxylic acids is 1. The molecule has 0 N–H and O–H groups in total. The first kappa shape index (κ1) is 14.0. The highest BCUT2D eigenvalue weighted by Gasteiger charge is 2.34. The van der Waals surface area contributed by atoms with E-state index in [0.29, 0.717) is 12.1 Å². The largest absolute Gasteiger partial charge is 0.464 e. The van der Waals surface area contributed by atoms with Crippen molar-refractivity contribution in [1.82, 2.24) is 4.98 Å². The van der Waals surface area contributed by atoms with Gasteiger partial charge in [-0.3, -0.25) is 0 Å². The molecule has 0 bridgehead atoms. The lowest BCUT2D eigenvalue weighted by atomic mass is 10.1. The summed E-state index contributed by atoms with van der Waals surface area (Å²) in [5, 5.41) is 0. The van der Waals surface area contributed by atoms with E-state index in [1.54, 1.807) is 0 Å². The Hall–Kier alpha value is -2.38. The lowest BCUT2D eigenvalue weighted by Gasteiger charge is -2.08. The molecule has 1 aromatic carbocycles. The Morgan fingerprint density at radius 3 is 2.65 bits per heavy atom. The van der Waals surface area contributed by atoms with Gasteiger partial charge in [0, 0.05) is 5.56 Å². The molecule has 2 aromatic rings. The van der Waals surface area contributed by atoms with Gasteiger partial charge < -0.3 is 9.15 Å². The van der Waals surface area contributed by atoms with Gasteiger partial charge in [0.15, 0.2) is 5.69 Å². The minimum absolute atomic E-state index is 0.103. The molecule has 0 saturated heterocycles. The van der Waals surface area contributed by atoms with Crippen LogP contribution in [0.1, 0.15) is 16.1 Å². The maximum Gasteiger partial charge on any atom is 0.419 e. The van der Waals surface area contributed by atoms with Gasteiger partial charge in [-0.1, -0.05) is 0 Å². The number of methoxy groups -OCH3 is 1. The molecule has 1 heterocycles. The highest BCUT2D eigenvalue weighted by Crippen LogP contribution is 2.34. The number of esters is 1. The van der Waals surface area contributed by atoms with Crippen molar-refractivity contribution >= 4 is 5.97 Å². The molecule has 0 radical (unpaired) electrons. The van der Waals surface area contributed by atoms with Crippen LogP contribution in [0.5, 0.6) is 0 Å². The van der Waals surface area contributed by atoms with Crippen LogP contribution in [0.2, 0.25) is 0 Å². The lowest BCUT2D eigenvalue weighted by Crippen LogP contribution is -2.08. The standard InChI is InChI=1S/C12H7F4NO3/c1-19-11(18)9-5-20-10(17-9)6-2-3-8(13)7(4-6)12(14,15)16/h2-5H,1H3. The minimum atomic E-state index is -4.84. The quantitative estimate of drug-likeness (QED) is 0.629. The number of alkyl halides is 3. The van der Waals surface area contributed by atoms with E-state index < -0.39 is 23.5 Å². The van der Waals surface area contributed by atoms with Gasteiger partial charge in [-0.2, -0.15) is 13.2 Å². The van der Waals surface area contributed by atoms with Crippen molar-refractivity contribution in [3.63, 3.8) is 0 Å². The van der Waals surface area contributed by atoms with Gasteiger partial charge in [0.1, 0.15) is 12.1 Å². The topological polar surface area (TPSA) is 52.3 Å². The highest BCUT2D eigenvalue weighted by atomic mass is 19.4. The normalized spacial score (nSPS) is 11.4. The molecule has 106 valence electrons. The number of halogens is 4. The highest BCUT2D eigenvalue weighted by molar-refractivity contribution is 5.87. The van der Waals surface area contributed by atoms with Gasteiger partial charge in [0.25, 0.3) is 0 Å². The van der Waals surface area contributed by atoms with E-state index in [0.717, 1.165) is 19.4 Å². The van der Waals surface area contributed by atoms with E-state index >= 15 is 0 Å². The van der Waals surface area contributed by atoms with E-state index in [9.17, 15) is 22.4 Å². The first-order chi connectivity index (χ1) is 9.32. The summed E-state index contributed by atoms with van der Waals surface area (Å²) >= 11 is 0. The number of hydrogen-bond donors (Lipinski definition) is 0. The zero-order valence-corrected chi connectivity index (χ0v) is 9.99. The monoisotopic (exact) mass is 289 g/mol. The van der Waals surface area contributed by atoms with Crippen LogP contribution < -0.4 is 0 Å². The summed E-state index contributed by atoms with van der Waals surface area (Å²) in [6.45, 7) is 0. The van der Waals surface area contributed by atoms with Gasteiger partial charge >= 0.3 is 12.1 Å². The van der Waals surface area contributed by atoms with Crippen LogP contribution in [0.15, 0.2) is 28.9 Å². The zero-order chi connectivity index (χ0) is 14.9. The van der Waals surface area contributed by atoms with Crippen molar-refractivity contribution < 1.29 is 31.5 Å². The Morgan fingerprint density at radius 2 is 2.05 bits per heavy atom. The molecule has 0 saturated carbocycles. The predicted octanol–water partition coefficient (Wildman–Crippen LogP) is 3.29. The summed E-state index contributed by atoms with van der Waals surface area (Å²) in [6.07, 6.45) is -3.89. The summed E-state index contributed by atoms with van der Waals surface area (Å²) in [5.41, 5.74) is -1.73. The second kappa shape index (κ2) is 4.95. The molecule has 0 atom stereocenters. The zero-order valence-electron chi connectivity index (χ0n) is 9.99. The second-order valence-corrected chi connectivity index (χ2v) is 3.72. The van der Waals surface area contributed by atoms with Crippen molar-refractivity contribution in [3.05, 3.63) is 41.5 Å². The maximum absolute atomic E-state index is 13.1. The molecule has 2 rings (SSSR count). The van der Waals surface area contributed by atoms with E-state index in [-0.39, 0.29) is 17.1 Å². The van der Waals surface area contributed by atoms with Crippen molar-refractivity contribution in [1.29, 1.82) is 0 Å². The number of rotatable bonds is 2. The number of carbonyl (C=O) groups is 1. The Kier molecular flexibility index (Phi) is 3.47. The molecule has 0 amide bonds. The number of nitrogens with zero attached hydrogens (tertiary/aromatic N) is 1. The third-order valence-electron chi connectivity index (χ3n) is 2.42. The first-order valence-corrected chi connectivity index (χ1v) is 5.24. The molecular formula is C12H7F4NO3. The average Bonchev–Trinajstić information content (AvgIpc) is 2.86. The molecule has 8 heteroatoms. The molecule has 0 aliphatic carbocycles. The summed E-state index contributed by atoms with van der Waals surface area (Å²) in [7, 11) is 1.12. The number of ether oxygens (including phenoxy) is 1. The Labute approximate surface area is 110 Å². The molecule has 0 fully saturated rings. The summed E-state index contributed by atoms with van der Waals surface area (Å²) in [4.78, 5) is 14.8. The Balaban J connectivity index is 2.44. The summed E-state index contributed by atoms with van der Waals surface area (Å²) < 4.78 is 60.1. The minimum Gasteiger partial charge on any atom is -0.464 e. The van der Waals surface area contributed by atoms with Crippen LogP contribution in [0.4, 0.5) is 17.6 Å². The van der Waals surface area contributed by atoms with Gasteiger partial charge in [-0.05, 0) is 18.2 Å². The predicted molar refractivity (Wildman–Crippen MR) is 58.2 cm³/mol. The first-order valence-electron chi connectivity index (χ1n) is 5.24. The van der Waals surface area contributed by atoms with Crippen LogP contribution in [-0.4, -0.2) is 18.1 Å². The fourth-order valence-electron chi connectivity index (χ4n) is 1.48. The third-order valence-corrected chi connectivity index (χ3v) is 2.42. The maximum atomic E-state index is 13.1. The fraction of sp³-hybridized carbons (Fsp3) is 0.167. The van der Waals surface area contributed by atoms with E-state index in [1.807, 2.05) is 0 Å². The Bertz CT molecular complexity index is 648. The number of oxazole rings is 1. The molecule has 20 heavy (non-hydrogen) atoms. The van der Waals surface area contributed by atoms with Gasteiger partial charge in [0.2, 0.25) is 5.89 Å². The number of hydrogen-bond acceptors (Lipinski definition) is 4. The molecule has 0 aliphatic heterocycles. The van der Waals surface area contributed by atoms with Crippen molar-refractivity contribution in [2.75, 3.05) is 7.11 Å². The van der Waals surface area contributed by atoms with E-state index in [1.165, 1.54) is 0 Å². The number of aromatic nitrogens is 1. The van der Waals surface area contributed by atoms with Crippen molar-refractivity contribution in [2.45, 2.75) is 6.18 Å². The smallest absolute Gasteiger partial charge is 0.419 e. The van der Waals surface area contributed by atoms with E-state index in [2.05, 4.69) is 9.72 Å². The molecule has 0 spiro atoms. The molecule has 0 aliphatic rings. The Morgan fingerprint density at radius 1 is 1.35 bits per heavy atom. The van der Waals surface area contributed by atoms with Crippen LogP contribution in [0.3, 0.4) is 0 Å². The summed E-state index contributed by atoms with van der Waals surface area (Å²) in [6, 6.07) is 2.28. The van der Waals surface area contributed by atoms with Crippen LogP contribution in [0.25, 0.3) is 11.5 Å². The SMILES string of the molecule is COC(=O)c1coc(-c2ccc(F)c(C(F)(F)F)c2)n1. The van der Waals surface area contributed by atoms with Gasteiger partial charge in [0.05, 0.1) is 12.7 Å². The van der Waals surface area contributed by atoms with Crippen LogP contribution >= 0.6 is 0 Å². The van der Waals surface area contributed by atoms with Crippen LogP contribution in [-0.2, 0) is 10.9 Å². The van der Waals surface area contributed by atoms with Crippen molar-refractivity contribution in [3.8, 4) is 11.5 Å². The van der Waals surface area contributed by atoms with Crippen molar-refractivity contribution in [2.24, 2.45) is 0 Å². The average molecular weight is 289 g/mol. The third kappa shape index (κ3) is 2.63. The van der Waals surface area contributed by atoms with E-state index in [4.69, 9.17) is 4.42 Å². The summed E-state index contributed by atoms with van der Waals surface area (Å²) in [5.74, 6) is -2.44. The molecular weight excluding hydrogens is 282 g/mol. The van der Waals surface area contributed by atoms with Gasteiger partial charge in [-0.15, -0.1) is 0 Å². The fourth-order valence-corrected chi connectivity index (χ4v) is 1.48. The number of benzene rings is 1. The van der Waals surface area contributed by atoms with Crippen LogP contribution in [0, 0.1) is 5.82 Å². The lowest BCUT2D eigenvalue weighted by molar-refractivity contribution is -0.139. The van der Waals surface area contributed by atoms with Gasteiger partial charge in [-0.25, -0.2) is 14.2 Å². The molecule has 4 nitrogen and oxygen atoms in total. The second-order valence-electron chi connectivity index (χ2n) is 3.72. The molecule has 0 unspecified atom stereocenters.